The average Bonchev–Trinajstić information content (AvgIpc) is 2.53. The van der Waals surface area contributed by atoms with Crippen LogP contribution >= 0.6 is 0 Å². The van der Waals surface area contributed by atoms with Gasteiger partial charge in [0.05, 0.1) is 22.6 Å². The number of anilines is 2. The Hall–Kier alpha value is -3.14. The van der Waals surface area contributed by atoms with Crippen LogP contribution in [-0.4, -0.2) is 32.1 Å². The lowest BCUT2D eigenvalue weighted by molar-refractivity contribution is -0.385. The molecule has 0 aliphatic rings. The van der Waals surface area contributed by atoms with Gasteiger partial charge in [-0.1, -0.05) is 24.3 Å². The summed E-state index contributed by atoms with van der Waals surface area (Å²) in [5, 5.41) is 13.4. The van der Waals surface area contributed by atoms with Gasteiger partial charge in [0, 0.05) is 6.07 Å². The molecule has 2 N–H and O–H groups in total. The largest absolute Gasteiger partial charge is 0.477 e. The maximum absolute atomic E-state index is 12.0. The number of carbonyl (C=O) groups excluding carboxylic acids is 1. The third-order valence-corrected chi connectivity index (χ3v) is 3.51. The quantitative estimate of drug-likeness (QED) is 0.570. The van der Waals surface area contributed by atoms with Gasteiger partial charge in [-0.05, 0) is 18.2 Å². The van der Waals surface area contributed by atoms with Crippen LogP contribution in [0.5, 0.6) is 5.75 Å². The molecule has 0 heterocycles. The number of nitro groups is 1. The van der Waals surface area contributed by atoms with Crippen LogP contribution in [0.1, 0.15) is 0 Å². The molecular weight excluding hydrogens is 350 g/mol. The second kappa shape index (κ2) is 7.62. The molecule has 0 unspecified atom stereocenters. The summed E-state index contributed by atoms with van der Waals surface area (Å²) in [5.41, 5.74) is 0.183. The van der Waals surface area contributed by atoms with Crippen molar-refractivity contribution in [2.24, 2.45) is 0 Å². The normalized spacial score (nSPS) is 10.8. The van der Waals surface area contributed by atoms with E-state index in [9.17, 15) is 23.3 Å². The summed E-state index contributed by atoms with van der Waals surface area (Å²) in [7, 11) is -3.51. The van der Waals surface area contributed by atoms with Crippen LogP contribution in [0.25, 0.3) is 0 Å². The molecule has 10 heteroatoms. The molecule has 2 aromatic rings. The van der Waals surface area contributed by atoms with Crippen LogP contribution in [0.15, 0.2) is 48.5 Å². The third kappa shape index (κ3) is 5.46. The fraction of sp³-hybridized carbons (Fsp3) is 0.133. The topological polar surface area (TPSA) is 128 Å². The summed E-state index contributed by atoms with van der Waals surface area (Å²) in [6.07, 6.45) is 0.989. The van der Waals surface area contributed by atoms with Gasteiger partial charge in [-0.25, -0.2) is 8.42 Å². The van der Waals surface area contributed by atoms with Crippen molar-refractivity contribution >= 4 is 33.0 Å². The maximum atomic E-state index is 12.0. The van der Waals surface area contributed by atoms with Gasteiger partial charge >= 0.3 is 5.69 Å². The van der Waals surface area contributed by atoms with E-state index in [4.69, 9.17) is 4.74 Å². The smallest absolute Gasteiger partial charge is 0.310 e. The molecule has 0 saturated heterocycles. The van der Waals surface area contributed by atoms with E-state index in [1.165, 1.54) is 30.3 Å². The van der Waals surface area contributed by atoms with Gasteiger partial charge in [-0.15, -0.1) is 0 Å². The minimum Gasteiger partial charge on any atom is -0.477 e. The van der Waals surface area contributed by atoms with Crippen LogP contribution in [-0.2, 0) is 14.8 Å². The Bertz CT molecular complexity index is 898. The van der Waals surface area contributed by atoms with Crippen molar-refractivity contribution in [3.05, 3.63) is 58.6 Å². The number of carbonyl (C=O) groups is 1. The Morgan fingerprint density at radius 1 is 1.12 bits per heavy atom. The van der Waals surface area contributed by atoms with Crippen molar-refractivity contribution in [1.29, 1.82) is 0 Å². The molecule has 0 spiro atoms. The third-order valence-electron chi connectivity index (χ3n) is 2.92. The fourth-order valence-electron chi connectivity index (χ4n) is 1.94. The molecule has 1 amide bonds. The van der Waals surface area contributed by atoms with Crippen LogP contribution < -0.4 is 14.8 Å². The number of nitro benzene ring substituents is 1. The average molecular weight is 365 g/mol. The summed E-state index contributed by atoms with van der Waals surface area (Å²) < 4.78 is 30.1. The van der Waals surface area contributed by atoms with Gasteiger partial charge in [-0.3, -0.25) is 19.6 Å². The van der Waals surface area contributed by atoms with Crippen molar-refractivity contribution in [2.45, 2.75) is 0 Å². The standard InChI is InChI=1S/C15H15N3O6S/c1-25(22,23)17-12-7-3-2-6-11(12)16-15(19)10-24-14-9-5-4-8-13(14)18(20)21/h2-9,17H,10H2,1H3,(H,16,19). The Morgan fingerprint density at radius 3 is 2.36 bits per heavy atom. The first kappa shape index (κ1) is 18.2. The number of nitrogens with zero attached hydrogens (tertiary/aromatic N) is 1. The predicted molar refractivity (Wildman–Crippen MR) is 92.1 cm³/mol. The second-order valence-corrected chi connectivity index (χ2v) is 6.73. The number of benzene rings is 2. The van der Waals surface area contributed by atoms with E-state index < -0.39 is 27.5 Å². The lowest BCUT2D eigenvalue weighted by atomic mass is 10.2. The van der Waals surface area contributed by atoms with Crippen LogP contribution in [0, 0.1) is 10.1 Å². The first-order chi connectivity index (χ1) is 11.8. The van der Waals surface area contributed by atoms with Crippen molar-refractivity contribution in [3.63, 3.8) is 0 Å². The van der Waals surface area contributed by atoms with Crippen LogP contribution in [0.4, 0.5) is 17.1 Å². The van der Waals surface area contributed by atoms with Gasteiger partial charge in [-0.2, -0.15) is 0 Å². The molecule has 0 fully saturated rings. The molecule has 2 rings (SSSR count). The molecule has 0 saturated carbocycles. The summed E-state index contributed by atoms with van der Waals surface area (Å²) in [6, 6.07) is 11.9. The van der Waals surface area contributed by atoms with E-state index in [0.29, 0.717) is 0 Å². The number of rotatable bonds is 7. The first-order valence-electron chi connectivity index (χ1n) is 6.99. The highest BCUT2D eigenvalue weighted by atomic mass is 32.2. The summed E-state index contributed by atoms with van der Waals surface area (Å²) in [6.45, 7) is -0.474. The van der Waals surface area contributed by atoms with Gasteiger partial charge in [0.2, 0.25) is 10.0 Å². The zero-order valence-electron chi connectivity index (χ0n) is 13.1. The molecule has 0 aliphatic carbocycles. The van der Waals surface area contributed by atoms with Gasteiger partial charge in [0.15, 0.2) is 12.4 Å². The summed E-state index contributed by atoms with van der Waals surface area (Å²) in [5.74, 6) is -0.633. The molecule has 0 aliphatic heterocycles. The summed E-state index contributed by atoms with van der Waals surface area (Å²) in [4.78, 5) is 22.3. The van der Waals surface area contributed by atoms with Crippen LogP contribution in [0.2, 0.25) is 0 Å². The molecule has 132 valence electrons. The van der Waals surface area contributed by atoms with E-state index in [1.54, 1.807) is 18.2 Å². The Labute approximate surface area is 143 Å². The molecular formula is C15H15N3O6S. The van der Waals surface area contributed by atoms with E-state index in [2.05, 4.69) is 10.0 Å². The van der Waals surface area contributed by atoms with Crippen LogP contribution in [0.3, 0.4) is 0 Å². The predicted octanol–water partition coefficient (Wildman–Crippen LogP) is 1.98. The van der Waals surface area contributed by atoms with E-state index in [0.717, 1.165) is 6.26 Å². The van der Waals surface area contributed by atoms with Crippen molar-refractivity contribution in [3.8, 4) is 5.75 Å². The molecule has 25 heavy (non-hydrogen) atoms. The minimum absolute atomic E-state index is 0.0369. The number of sulfonamides is 1. The molecule has 0 radical (unpaired) electrons. The number of hydrogen-bond donors (Lipinski definition) is 2. The molecule has 0 atom stereocenters. The molecule has 9 nitrogen and oxygen atoms in total. The Kier molecular flexibility index (Phi) is 5.55. The number of amides is 1. The van der Waals surface area contributed by atoms with Crippen molar-refractivity contribution in [2.75, 3.05) is 22.9 Å². The van der Waals surface area contributed by atoms with Crippen molar-refractivity contribution < 1.29 is 22.9 Å². The number of para-hydroxylation sites is 4. The van der Waals surface area contributed by atoms with E-state index in [1.807, 2.05) is 0 Å². The fourth-order valence-corrected chi connectivity index (χ4v) is 2.52. The number of nitrogens with one attached hydrogen (secondary N) is 2. The minimum atomic E-state index is -3.51. The monoisotopic (exact) mass is 365 g/mol. The van der Waals surface area contributed by atoms with Gasteiger partial charge in [0.1, 0.15) is 0 Å². The Morgan fingerprint density at radius 2 is 1.72 bits per heavy atom. The Balaban J connectivity index is 2.06. The number of hydrogen-bond acceptors (Lipinski definition) is 6. The highest BCUT2D eigenvalue weighted by Gasteiger charge is 2.15. The van der Waals surface area contributed by atoms with Gasteiger partial charge in [0.25, 0.3) is 5.91 Å². The zero-order valence-corrected chi connectivity index (χ0v) is 13.9. The zero-order chi connectivity index (χ0) is 18.4. The van der Waals surface area contributed by atoms with E-state index >= 15 is 0 Å². The van der Waals surface area contributed by atoms with E-state index in [-0.39, 0.29) is 22.8 Å². The number of ether oxygens (including phenoxy) is 1. The molecule has 0 aromatic heterocycles. The second-order valence-electron chi connectivity index (χ2n) is 4.98. The summed E-state index contributed by atoms with van der Waals surface area (Å²) >= 11 is 0. The highest BCUT2D eigenvalue weighted by Crippen LogP contribution is 2.26. The SMILES string of the molecule is CS(=O)(=O)Nc1ccccc1NC(=O)COc1ccccc1[N+](=O)[O-]. The van der Waals surface area contributed by atoms with Crippen molar-refractivity contribution in [1.82, 2.24) is 0 Å². The molecule has 2 aromatic carbocycles. The lowest BCUT2D eigenvalue weighted by Crippen LogP contribution is -2.21. The first-order valence-corrected chi connectivity index (χ1v) is 8.88. The lowest BCUT2D eigenvalue weighted by Gasteiger charge is -2.12. The highest BCUT2D eigenvalue weighted by molar-refractivity contribution is 7.92. The maximum Gasteiger partial charge on any atom is 0.310 e. The van der Waals surface area contributed by atoms with Gasteiger partial charge < -0.3 is 10.1 Å². The molecule has 0 bridgehead atoms.